The van der Waals surface area contributed by atoms with E-state index in [4.69, 9.17) is 23.2 Å². The Hall–Kier alpha value is -3.85. The van der Waals surface area contributed by atoms with Gasteiger partial charge in [-0.05, 0) is 66.4 Å². The number of carbonyl (C=O) groups is 2. The summed E-state index contributed by atoms with van der Waals surface area (Å²) in [6.07, 6.45) is 5.20. The van der Waals surface area contributed by atoms with Crippen LogP contribution in [0.2, 0.25) is 10.0 Å². The van der Waals surface area contributed by atoms with Crippen molar-refractivity contribution in [2.45, 2.75) is 62.0 Å². The predicted octanol–water partition coefficient (Wildman–Crippen LogP) is 7.28. The van der Waals surface area contributed by atoms with Crippen LogP contribution in [0.3, 0.4) is 0 Å². The van der Waals surface area contributed by atoms with Gasteiger partial charge in [0.15, 0.2) is 0 Å². The maximum atomic E-state index is 14.6. The number of sulfonamides is 1. The summed E-state index contributed by atoms with van der Waals surface area (Å²) in [7, 11) is -4.21. The molecule has 5 rings (SSSR count). The van der Waals surface area contributed by atoms with Crippen molar-refractivity contribution < 1.29 is 18.0 Å². The van der Waals surface area contributed by atoms with Gasteiger partial charge in [-0.3, -0.25) is 13.9 Å². The Morgan fingerprint density at radius 1 is 0.783 bits per heavy atom. The molecule has 1 fully saturated rings. The largest absolute Gasteiger partial charge is 0.352 e. The summed E-state index contributed by atoms with van der Waals surface area (Å²) in [6, 6.07) is 30.0. The van der Waals surface area contributed by atoms with Crippen LogP contribution >= 0.6 is 23.2 Å². The molecule has 4 aromatic rings. The van der Waals surface area contributed by atoms with E-state index in [1.807, 2.05) is 36.4 Å². The molecule has 1 N–H and O–H groups in total. The van der Waals surface area contributed by atoms with Gasteiger partial charge in [0, 0.05) is 29.1 Å². The van der Waals surface area contributed by atoms with Crippen LogP contribution in [0.25, 0.3) is 0 Å². The molecule has 10 heteroatoms. The Bertz CT molecular complexity index is 1720. The molecule has 4 aromatic carbocycles. The molecule has 0 aromatic heterocycles. The van der Waals surface area contributed by atoms with E-state index in [2.05, 4.69) is 5.32 Å². The Kier molecular flexibility index (Phi) is 11.4. The van der Waals surface area contributed by atoms with Gasteiger partial charge >= 0.3 is 0 Å². The maximum Gasteiger partial charge on any atom is 0.264 e. The molecule has 0 bridgehead atoms. The predicted molar refractivity (Wildman–Crippen MR) is 183 cm³/mol. The topological polar surface area (TPSA) is 86.8 Å². The van der Waals surface area contributed by atoms with Crippen molar-refractivity contribution in [1.82, 2.24) is 10.2 Å². The first kappa shape index (κ1) is 33.5. The van der Waals surface area contributed by atoms with E-state index in [1.54, 1.807) is 48.5 Å². The van der Waals surface area contributed by atoms with Gasteiger partial charge in [-0.1, -0.05) is 109 Å². The Labute approximate surface area is 281 Å². The number of hydrogen-bond acceptors (Lipinski definition) is 4. The normalized spacial score (nSPS) is 14.3. The van der Waals surface area contributed by atoms with Crippen molar-refractivity contribution >= 4 is 50.7 Å². The molecule has 1 atom stereocenters. The molecule has 0 radical (unpaired) electrons. The summed E-state index contributed by atoms with van der Waals surface area (Å²) < 4.78 is 29.2. The van der Waals surface area contributed by atoms with Gasteiger partial charge in [0.2, 0.25) is 11.8 Å². The second-order valence-electron chi connectivity index (χ2n) is 11.5. The van der Waals surface area contributed by atoms with Crippen LogP contribution in [-0.4, -0.2) is 43.8 Å². The summed E-state index contributed by atoms with van der Waals surface area (Å²) in [5.74, 6) is -0.816. The fourth-order valence-corrected chi connectivity index (χ4v) is 7.50. The lowest BCUT2D eigenvalue weighted by atomic mass is 9.94. The van der Waals surface area contributed by atoms with Gasteiger partial charge < -0.3 is 10.2 Å². The number of para-hydroxylation sites is 1. The summed E-state index contributed by atoms with van der Waals surface area (Å²) in [5, 5.41) is 4.04. The molecule has 240 valence electrons. The highest BCUT2D eigenvalue weighted by Crippen LogP contribution is 2.27. The van der Waals surface area contributed by atoms with Crippen molar-refractivity contribution in [3.63, 3.8) is 0 Å². The number of nitrogens with one attached hydrogen (secondary N) is 1. The van der Waals surface area contributed by atoms with Gasteiger partial charge in [0.25, 0.3) is 10.0 Å². The second kappa shape index (κ2) is 15.6. The fourth-order valence-electron chi connectivity index (χ4n) is 5.77. The molecule has 0 aliphatic heterocycles. The molecule has 1 aliphatic carbocycles. The minimum atomic E-state index is -4.21. The monoisotopic (exact) mass is 677 g/mol. The van der Waals surface area contributed by atoms with Crippen LogP contribution in [0, 0.1) is 0 Å². The van der Waals surface area contributed by atoms with Crippen molar-refractivity contribution in [1.29, 1.82) is 0 Å². The van der Waals surface area contributed by atoms with Crippen molar-refractivity contribution in [2.75, 3.05) is 10.8 Å². The van der Waals surface area contributed by atoms with Gasteiger partial charge in [0.1, 0.15) is 12.6 Å². The minimum absolute atomic E-state index is 0.0116. The van der Waals surface area contributed by atoms with E-state index in [0.29, 0.717) is 21.3 Å². The van der Waals surface area contributed by atoms with Gasteiger partial charge in [-0.25, -0.2) is 8.42 Å². The molecule has 0 heterocycles. The van der Waals surface area contributed by atoms with Crippen molar-refractivity contribution in [2.24, 2.45) is 0 Å². The summed E-state index contributed by atoms with van der Waals surface area (Å²) in [5.41, 5.74) is 1.83. The van der Waals surface area contributed by atoms with E-state index >= 15 is 0 Å². The van der Waals surface area contributed by atoms with Crippen molar-refractivity contribution in [3.8, 4) is 0 Å². The number of halogens is 2. The summed E-state index contributed by atoms with van der Waals surface area (Å²) in [6.45, 7) is -0.529. The first-order chi connectivity index (χ1) is 22.2. The molecular formula is C36H37Cl2N3O4S. The van der Waals surface area contributed by atoms with Crippen molar-refractivity contribution in [3.05, 3.63) is 130 Å². The number of hydrogen-bond donors (Lipinski definition) is 1. The summed E-state index contributed by atoms with van der Waals surface area (Å²) in [4.78, 5) is 30.2. The molecule has 1 aliphatic rings. The Morgan fingerprint density at radius 3 is 2.04 bits per heavy atom. The molecule has 0 spiro atoms. The molecule has 46 heavy (non-hydrogen) atoms. The second-order valence-corrected chi connectivity index (χ2v) is 14.2. The zero-order valence-electron chi connectivity index (χ0n) is 25.4. The number of amides is 2. The molecular weight excluding hydrogens is 641 g/mol. The Morgan fingerprint density at radius 2 is 1.39 bits per heavy atom. The van der Waals surface area contributed by atoms with Crippen LogP contribution in [0.1, 0.15) is 43.2 Å². The zero-order chi connectivity index (χ0) is 32.5. The lowest BCUT2D eigenvalue weighted by molar-refractivity contribution is -0.140. The first-order valence-corrected chi connectivity index (χ1v) is 17.6. The molecule has 2 amide bonds. The number of benzene rings is 4. The highest BCUT2D eigenvalue weighted by Gasteiger charge is 2.35. The number of anilines is 1. The lowest BCUT2D eigenvalue weighted by Gasteiger charge is -2.35. The van der Waals surface area contributed by atoms with E-state index in [0.717, 1.165) is 42.0 Å². The Balaban J connectivity index is 1.55. The van der Waals surface area contributed by atoms with Gasteiger partial charge in [0.05, 0.1) is 10.6 Å². The highest BCUT2D eigenvalue weighted by molar-refractivity contribution is 7.92. The third kappa shape index (κ3) is 8.49. The summed E-state index contributed by atoms with van der Waals surface area (Å²) >= 11 is 12.6. The number of nitrogens with zero attached hydrogens (tertiary/aromatic N) is 2. The van der Waals surface area contributed by atoms with Crippen LogP contribution in [-0.2, 0) is 32.6 Å². The van der Waals surface area contributed by atoms with E-state index < -0.39 is 28.5 Å². The number of carbonyl (C=O) groups excluding carboxylic acids is 2. The third-order valence-corrected chi connectivity index (χ3v) is 10.7. The van der Waals surface area contributed by atoms with E-state index in [-0.39, 0.29) is 29.8 Å². The molecule has 7 nitrogen and oxygen atoms in total. The first-order valence-electron chi connectivity index (χ1n) is 15.4. The quantitative estimate of drug-likeness (QED) is 0.171. The van der Waals surface area contributed by atoms with Gasteiger partial charge in [-0.2, -0.15) is 0 Å². The van der Waals surface area contributed by atoms with Crippen LogP contribution < -0.4 is 9.62 Å². The average molecular weight is 679 g/mol. The molecule has 0 unspecified atom stereocenters. The average Bonchev–Trinajstić information content (AvgIpc) is 3.07. The SMILES string of the molecule is O=C(NC1CCCCC1)[C@@H](Cc1ccccc1)N(Cc1ccccc1Cl)C(=O)CN(c1ccccc1)S(=O)(=O)c1ccc(Cl)cc1. The fraction of sp³-hybridized carbons (Fsp3) is 0.278. The van der Waals surface area contributed by atoms with Gasteiger partial charge in [-0.15, -0.1) is 0 Å². The van der Waals surface area contributed by atoms with Crippen LogP contribution in [0.15, 0.2) is 114 Å². The zero-order valence-corrected chi connectivity index (χ0v) is 27.7. The molecule has 1 saturated carbocycles. The third-order valence-electron chi connectivity index (χ3n) is 8.25. The molecule has 0 saturated heterocycles. The maximum absolute atomic E-state index is 14.6. The smallest absolute Gasteiger partial charge is 0.264 e. The van der Waals surface area contributed by atoms with Crippen LogP contribution in [0.5, 0.6) is 0 Å². The standard InChI is InChI=1S/C36H37Cl2N3O4S/c37-29-20-22-32(23-21-29)46(44,45)41(31-17-8-3-9-18-31)26-35(42)40(25-28-14-10-11-19-33(28)38)34(24-27-12-4-1-5-13-27)36(43)39-30-15-6-2-7-16-30/h1,3-5,8-14,17-23,30,34H,2,6-7,15-16,24-26H2,(H,39,43)/t34-/m1/s1. The minimum Gasteiger partial charge on any atom is -0.352 e. The lowest BCUT2D eigenvalue weighted by Crippen LogP contribution is -2.55. The highest BCUT2D eigenvalue weighted by atomic mass is 35.5. The van der Waals surface area contributed by atoms with E-state index in [9.17, 15) is 18.0 Å². The number of rotatable bonds is 12. The van der Waals surface area contributed by atoms with E-state index in [1.165, 1.54) is 29.2 Å². The van der Waals surface area contributed by atoms with Crippen LogP contribution in [0.4, 0.5) is 5.69 Å².